The molecule has 0 atom stereocenters. The zero-order chi connectivity index (χ0) is 12.6. The summed E-state index contributed by atoms with van der Waals surface area (Å²) in [5.41, 5.74) is -0.719. The van der Waals surface area contributed by atoms with Gasteiger partial charge in [-0.05, 0) is 4.92 Å². The molecule has 0 saturated heterocycles. The van der Waals surface area contributed by atoms with Crippen LogP contribution in [0.15, 0.2) is 12.7 Å². The predicted molar refractivity (Wildman–Crippen MR) is 51.4 cm³/mol. The Balaban J connectivity index is 2.75. The van der Waals surface area contributed by atoms with E-state index in [1.807, 2.05) is 0 Å². The molecule has 0 N–H and O–H groups in total. The van der Waals surface area contributed by atoms with Gasteiger partial charge in [-0.25, -0.2) is 4.98 Å². The second kappa shape index (κ2) is 3.62. The Labute approximate surface area is 92.6 Å². The van der Waals surface area contributed by atoms with Gasteiger partial charge in [0.2, 0.25) is 0 Å². The summed E-state index contributed by atoms with van der Waals surface area (Å²) >= 11 is 0. The highest BCUT2D eigenvalue weighted by molar-refractivity contribution is 5.58. The van der Waals surface area contributed by atoms with E-state index in [0.29, 0.717) is 0 Å². The standard InChI is InChI=1S/C6H5N7O4/c1-10-6(11-3-7-2-8-11)4(12(14)15)5(9-10)13(16)17/h2-3H,1H3. The molecule has 88 valence electrons. The molecule has 2 rings (SSSR count). The molecule has 0 amide bonds. The van der Waals surface area contributed by atoms with Crippen LogP contribution in [0.4, 0.5) is 11.5 Å². The van der Waals surface area contributed by atoms with Crippen LogP contribution in [-0.4, -0.2) is 34.4 Å². The molecule has 2 heterocycles. The minimum atomic E-state index is -0.918. The van der Waals surface area contributed by atoms with E-state index in [2.05, 4.69) is 15.2 Å². The van der Waals surface area contributed by atoms with Crippen LogP contribution in [0, 0.1) is 20.2 Å². The zero-order valence-corrected chi connectivity index (χ0v) is 8.42. The minimum Gasteiger partial charge on any atom is -0.358 e. The molecule has 0 aliphatic heterocycles. The first-order chi connectivity index (χ1) is 8.02. The summed E-state index contributed by atoms with van der Waals surface area (Å²) in [5, 5.41) is 28.6. The Morgan fingerprint density at radius 2 is 2.00 bits per heavy atom. The topological polar surface area (TPSA) is 135 Å². The van der Waals surface area contributed by atoms with Gasteiger partial charge in [0.15, 0.2) is 0 Å². The lowest BCUT2D eigenvalue weighted by Gasteiger charge is -1.95. The van der Waals surface area contributed by atoms with Crippen molar-refractivity contribution in [2.24, 2.45) is 7.05 Å². The van der Waals surface area contributed by atoms with E-state index in [4.69, 9.17) is 0 Å². The average Bonchev–Trinajstić information content (AvgIpc) is 2.83. The number of nitro groups is 2. The molecular formula is C6H5N7O4. The summed E-state index contributed by atoms with van der Waals surface area (Å²) in [6.07, 6.45) is 2.34. The van der Waals surface area contributed by atoms with Crippen molar-refractivity contribution in [1.29, 1.82) is 0 Å². The first-order valence-electron chi connectivity index (χ1n) is 4.23. The van der Waals surface area contributed by atoms with E-state index in [9.17, 15) is 20.2 Å². The number of nitrogens with zero attached hydrogens (tertiary/aromatic N) is 7. The highest BCUT2D eigenvalue weighted by Gasteiger charge is 2.38. The maximum absolute atomic E-state index is 10.8. The van der Waals surface area contributed by atoms with Gasteiger partial charge in [-0.15, -0.1) is 4.68 Å². The fourth-order valence-electron chi connectivity index (χ4n) is 1.35. The number of hydrogen-bond donors (Lipinski definition) is 0. The van der Waals surface area contributed by atoms with Crippen LogP contribution in [0.1, 0.15) is 0 Å². The zero-order valence-electron chi connectivity index (χ0n) is 8.42. The second-order valence-electron chi connectivity index (χ2n) is 2.97. The van der Waals surface area contributed by atoms with Crippen molar-refractivity contribution in [2.75, 3.05) is 0 Å². The Kier molecular flexibility index (Phi) is 2.27. The molecule has 2 aromatic rings. The smallest absolute Gasteiger partial charge is 0.358 e. The third-order valence-electron chi connectivity index (χ3n) is 1.97. The van der Waals surface area contributed by atoms with Gasteiger partial charge in [-0.2, -0.15) is 9.78 Å². The summed E-state index contributed by atoms with van der Waals surface area (Å²) in [6.45, 7) is 0. The Bertz CT molecular complexity index is 586. The number of rotatable bonds is 3. The molecule has 2 aromatic heterocycles. The first-order valence-corrected chi connectivity index (χ1v) is 4.23. The summed E-state index contributed by atoms with van der Waals surface area (Å²) in [4.78, 5) is 23.3. The molecule has 0 saturated carbocycles. The summed E-state index contributed by atoms with van der Waals surface area (Å²) < 4.78 is 2.04. The maximum Gasteiger partial charge on any atom is 0.470 e. The fourth-order valence-corrected chi connectivity index (χ4v) is 1.35. The van der Waals surface area contributed by atoms with Crippen molar-refractivity contribution >= 4 is 11.5 Å². The fraction of sp³-hybridized carbons (Fsp3) is 0.167. The van der Waals surface area contributed by atoms with Crippen molar-refractivity contribution in [3.63, 3.8) is 0 Å². The maximum atomic E-state index is 10.8. The lowest BCUT2D eigenvalue weighted by atomic mass is 10.5. The molecule has 0 spiro atoms. The van der Waals surface area contributed by atoms with Gasteiger partial charge in [0.25, 0.3) is 5.82 Å². The van der Waals surface area contributed by atoms with Crippen LogP contribution in [0.2, 0.25) is 0 Å². The number of aryl methyl sites for hydroxylation is 1. The quantitative estimate of drug-likeness (QED) is 0.535. The molecule has 0 aliphatic carbocycles. The van der Waals surface area contributed by atoms with E-state index in [0.717, 1.165) is 15.7 Å². The van der Waals surface area contributed by atoms with Crippen LogP contribution in [0.3, 0.4) is 0 Å². The second-order valence-corrected chi connectivity index (χ2v) is 2.97. The van der Waals surface area contributed by atoms with E-state index >= 15 is 0 Å². The van der Waals surface area contributed by atoms with Crippen LogP contribution in [0.5, 0.6) is 0 Å². The molecular weight excluding hydrogens is 234 g/mol. The van der Waals surface area contributed by atoms with Gasteiger partial charge in [0, 0.05) is 0 Å². The molecule has 0 unspecified atom stereocenters. The molecule has 11 nitrogen and oxygen atoms in total. The summed E-state index contributed by atoms with van der Waals surface area (Å²) in [5.74, 6) is -0.956. The van der Waals surface area contributed by atoms with E-state index in [-0.39, 0.29) is 5.82 Å². The monoisotopic (exact) mass is 239 g/mol. The van der Waals surface area contributed by atoms with Crippen LogP contribution in [0.25, 0.3) is 5.82 Å². The highest BCUT2D eigenvalue weighted by atomic mass is 16.6. The molecule has 17 heavy (non-hydrogen) atoms. The van der Waals surface area contributed by atoms with Crippen LogP contribution >= 0.6 is 0 Å². The first kappa shape index (κ1) is 10.7. The molecule has 0 fully saturated rings. The van der Waals surface area contributed by atoms with Gasteiger partial charge >= 0.3 is 11.5 Å². The molecule has 0 aromatic carbocycles. The Morgan fingerprint density at radius 1 is 1.29 bits per heavy atom. The van der Waals surface area contributed by atoms with E-state index < -0.39 is 21.4 Å². The highest BCUT2D eigenvalue weighted by Crippen LogP contribution is 2.31. The normalized spacial score (nSPS) is 10.4. The van der Waals surface area contributed by atoms with Crippen LogP contribution in [-0.2, 0) is 7.05 Å². The largest absolute Gasteiger partial charge is 0.470 e. The predicted octanol–water partition coefficient (Wildman–Crippen LogP) is -0.183. The van der Waals surface area contributed by atoms with Crippen molar-refractivity contribution in [3.05, 3.63) is 32.9 Å². The van der Waals surface area contributed by atoms with Crippen molar-refractivity contribution < 1.29 is 9.85 Å². The van der Waals surface area contributed by atoms with Gasteiger partial charge in [0.05, 0.1) is 17.1 Å². The third-order valence-corrected chi connectivity index (χ3v) is 1.97. The van der Waals surface area contributed by atoms with Gasteiger partial charge < -0.3 is 10.1 Å². The molecule has 11 heteroatoms. The molecule has 0 bridgehead atoms. The lowest BCUT2D eigenvalue weighted by molar-refractivity contribution is -0.424. The minimum absolute atomic E-state index is 0.126. The van der Waals surface area contributed by atoms with Crippen molar-refractivity contribution in [3.8, 4) is 5.82 Å². The Morgan fingerprint density at radius 3 is 2.47 bits per heavy atom. The van der Waals surface area contributed by atoms with E-state index in [1.54, 1.807) is 0 Å². The summed E-state index contributed by atoms with van der Waals surface area (Å²) in [6, 6.07) is 0. The average molecular weight is 239 g/mol. The van der Waals surface area contributed by atoms with Crippen molar-refractivity contribution in [1.82, 2.24) is 24.5 Å². The van der Waals surface area contributed by atoms with Gasteiger partial charge in [-0.3, -0.25) is 10.1 Å². The number of hydrogen-bond acceptors (Lipinski definition) is 7. The SMILES string of the molecule is Cn1nc([N+](=O)[O-])c([N+](=O)[O-])c1-n1cncn1. The van der Waals surface area contributed by atoms with Crippen LogP contribution < -0.4 is 0 Å². The molecule has 0 aliphatic rings. The third kappa shape index (κ3) is 1.58. The summed E-state index contributed by atoms with van der Waals surface area (Å²) in [7, 11) is 1.34. The van der Waals surface area contributed by atoms with Crippen molar-refractivity contribution in [2.45, 2.75) is 0 Å². The van der Waals surface area contributed by atoms with Gasteiger partial charge in [0.1, 0.15) is 12.7 Å². The Hall–Kier alpha value is -2.85. The van der Waals surface area contributed by atoms with E-state index in [1.165, 1.54) is 13.4 Å². The molecule has 0 radical (unpaired) electrons. The number of aromatic nitrogens is 5. The lowest BCUT2D eigenvalue weighted by Crippen LogP contribution is -2.05. The van der Waals surface area contributed by atoms with Gasteiger partial charge in [-0.1, -0.05) is 0 Å².